The monoisotopic (exact) mass is 176 g/mol. The quantitative estimate of drug-likeness (QED) is 0.685. The molecule has 0 amide bonds. The van der Waals surface area contributed by atoms with Crippen molar-refractivity contribution < 1.29 is 4.79 Å². The number of carbonyl (C=O) groups excluding carboxylic acids is 1. The molecule has 3 nitrogen and oxygen atoms in total. The molecule has 3 heteroatoms. The van der Waals surface area contributed by atoms with Gasteiger partial charge >= 0.3 is 0 Å². The second-order valence-electron chi connectivity index (χ2n) is 3.26. The molecule has 1 aliphatic rings. The van der Waals surface area contributed by atoms with E-state index in [1.165, 1.54) is 0 Å². The van der Waals surface area contributed by atoms with Gasteiger partial charge in [-0.1, -0.05) is 6.07 Å². The molecular formula is C10H12N2O. The minimum Gasteiger partial charge on any atom is -0.315 e. The van der Waals surface area contributed by atoms with Crippen molar-refractivity contribution in [1.82, 2.24) is 10.3 Å². The van der Waals surface area contributed by atoms with E-state index in [0.717, 1.165) is 18.7 Å². The fourth-order valence-corrected chi connectivity index (χ4v) is 1.63. The molecule has 1 aromatic rings. The highest BCUT2D eigenvalue weighted by Crippen LogP contribution is 2.18. The van der Waals surface area contributed by atoms with E-state index in [-0.39, 0.29) is 5.92 Å². The number of hydrogen-bond donors (Lipinski definition) is 1. The highest BCUT2D eigenvalue weighted by atomic mass is 16.1. The van der Waals surface area contributed by atoms with Crippen LogP contribution in [0.1, 0.15) is 17.9 Å². The lowest BCUT2D eigenvalue weighted by atomic mass is 9.92. The highest BCUT2D eigenvalue weighted by Gasteiger charge is 2.23. The molecule has 0 spiro atoms. The van der Waals surface area contributed by atoms with Gasteiger partial charge in [-0.25, -0.2) is 0 Å². The van der Waals surface area contributed by atoms with Gasteiger partial charge in [0.15, 0.2) is 0 Å². The van der Waals surface area contributed by atoms with Crippen LogP contribution in [0.25, 0.3) is 0 Å². The summed E-state index contributed by atoms with van der Waals surface area (Å²) in [5.74, 6) is 0.342. The zero-order chi connectivity index (χ0) is 9.10. The minimum atomic E-state index is 0.0162. The second kappa shape index (κ2) is 3.66. The zero-order valence-corrected chi connectivity index (χ0v) is 7.36. The summed E-state index contributed by atoms with van der Waals surface area (Å²) in [5, 5.41) is 3.22. The van der Waals surface area contributed by atoms with E-state index in [2.05, 4.69) is 10.3 Å². The average molecular weight is 176 g/mol. The fraction of sp³-hybridized carbons (Fsp3) is 0.400. The Morgan fingerprint density at radius 1 is 1.54 bits per heavy atom. The summed E-state index contributed by atoms with van der Waals surface area (Å²) < 4.78 is 0. The first kappa shape index (κ1) is 8.38. The highest BCUT2D eigenvalue weighted by molar-refractivity contribution is 5.86. The molecule has 2 rings (SSSR count). The maximum atomic E-state index is 11.5. The third-order valence-corrected chi connectivity index (χ3v) is 2.37. The number of nitrogens with zero attached hydrogens (tertiary/aromatic N) is 1. The van der Waals surface area contributed by atoms with Gasteiger partial charge in [-0.3, -0.25) is 9.78 Å². The lowest BCUT2D eigenvalue weighted by molar-refractivity contribution is -0.121. The normalized spacial score (nSPS) is 23.1. The van der Waals surface area contributed by atoms with Crippen molar-refractivity contribution in [3.05, 3.63) is 30.1 Å². The van der Waals surface area contributed by atoms with Gasteiger partial charge in [0, 0.05) is 31.9 Å². The number of rotatable bonds is 1. The van der Waals surface area contributed by atoms with Gasteiger partial charge in [0.1, 0.15) is 5.78 Å². The SMILES string of the molecule is O=C1CCNCC1c1cccnc1. The molecule has 68 valence electrons. The second-order valence-corrected chi connectivity index (χ2v) is 3.26. The predicted molar refractivity (Wildman–Crippen MR) is 49.5 cm³/mol. The summed E-state index contributed by atoms with van der Waals surface area (Å²) in [6, 6.07) is 3.83. The summed E-state index contributed by atoms with van der Waals surface area (Å²) >= 11 is 0. The molecule has 1 atom stereocenters. The van der Waals surface area contributed by atoms with E-state index in [0.29, 0.717) is 12.2 Å². The summed E-state index contributed by atoms with van der Waals surface area (Å²) in [5.41, 5.74) is 1.03. The number of nitrogens with one attached hydrogen (secondary N) is 1. The molecule has 1 aromatic heterocycles. The van der Waals surface area contributed by atoms with Crippen molar-refractivity contribution in [3.63, 3.8) is 0 Å². The third-order valence-electron chi connectivity index (χ3n) is 2.37. The first-order chi connectivity index (χ1) is 6.38. The Morgan fingerprint density at radius 3 is 3.15 bits per heavy atom. The Labute approximate surface area is 77.2 Å². The third kappa shape index (κ3) is 1.75. The summed E-state index contributed by atoms with van der Waals surface area (Å²) in [6.07, 6.45) is 4.14. The first-order valence-corrected chi connectivity index (χ1v) is 4.51. The molecule has 1 aliphatic heterocycles. The van der Waals surface area contributed by atoms with Gasteiger partial charge in [0.05, 0.1) is 5.92 Å². The standard InChI is InChI=1S/C10H12N2O/c13-10-3-5-12-7-9(10)8-2-1-4-11-6-8/h1-2,4,6,9,12H,3,5,7H2. The van der Waals surface area contributed by atoms with Crippen LogP contribution in [0.5, 0.6) is 0 Å². The molecule has 0 aliphatic carbocycles. The van der Waals surface area contributed by atoms with Crippen molar-refractivity contribution in [2.75, 3.05) is 13.1 Å². The average Bonchev–Trinajstić information content (AvgIpc) is 2.20. The maximum Gasteiger partial charge on any atom is 0.142 e. The van der Waals surface area contributed by atoms with Gasteiger partial charge in [0.2, 0.25) is 0 Å². The molecule has 1 N–H and O–H groups in total. The number of aromatic nitrogens is 1. The first-order valence-electron chi connectivity index (χ1n) is 4.51. The number of ketones is 1. The smallest absolute Gasteiger partial charge is 0.142 e. The van der Waals surface area contributed by atoms with Crippen LogP contribution in [0.4, 0.5) is 0 Å². The number of Topliss-reactive ketones (excluding diaryl/α,β-unsaturated/α-hetero) is 1. The molecular weight excluding hydrogens is 164 g/mol. The van der Waals surface area contributed by atoms with Crippen LogP contribution in [-0.4, -0.2) is 23.9 Å². The molecule has 0 aromatic carbocycles. The Hall–Kier alpha value is -1.22. The lowest BCUT2D eigenvalue weighted by Crippen LogP contribution is -2.35. The Balaban J connectivity index is 2.20. The van der Waals surface area contributed by atoms with Gasteiger partial charge in [-0.05, 0) is 11.6 Å². The predicted octanol–water partition coefficient (Wildman–Crippen LogP) is 0.728. The van der Waals surface area contributed by atoms with Crippen molar-refractivity contribution in [3.8, 4) is 0 Å². The van der Waals surface area contributed by atoms with Gasteiger partial charge in [-0.2, -0.15) is 0 Å². The van der Waals surface area contributed by atoms with E-state index in [1.807, 2.05) is 12.1 Å². The molecule has 0 bridgehead atoms. The number of pyridine rings is 1. The van der Waals surface area contributed by atoms with Crippen LogP contribution in [0.3, 0.4) is 0 Å². The molecule has 2 heterocycles. The van der Waals surface area contributed by atoms with Gasteiger partial charge in [-0.15, -0.1) is 0 Å². The summed E-state index contributed by atoms with van der Waals surface area (Å²) in [4.78, 5) is 15.5. The van der Waals surface area contributed by atoms with Crippen molar-refractivity contribution in [2.45, 2.75) is 12.3 Å². The molecule has 1 fully saturated rings. The largest absolute Gasteiger partial charge is 0.315 e. The van der Waals surface area contributed by atoms with Crippen molar-refractivity contribution >= 4 is 5.78 Å². The molecule has 0 radical (unpaired) electrons. The summed E-state index contributed by atoms with van der Waals surface area (Å²) in [7, 11) is 0. The van der Waals surface area contributed by atoms with Crippen molar-refractivity contribution in [2.24, 2.45) is 0 Å². The lowest BCUT2D eigenvalue weighted by Gasteiger charge is -2.21. The van der Waals surface area contributed by atoms with E-state index >= 15 is 0 Å². The van der Waals surface area contributed by atoms with Crippen LogP contribution in [-0.2, 0) is 4.79 Å². The van der Waals surface area contributed by atoms with Crippen LogP contribution in [0, 0.1) is 0 Å². The van der Waals surface area contributed by atoms with Crippen molar-refractivity contribution in [1.29, 1.82) is 0 Å². The Bertz CT molecular complexity index is 297. The van der Waals surface area contributed by atoms with E-state index < -0.39 is 0 Å². The van der Waals surface area contributed by atoms with Crippen LogP contribution in [0.2, 0.25) is 0 Å². The molecule has 0 saturated carbocycles. The number of hydrogen-bond acceptors (Lipinski definition) is 3. The van der Waals surface area contributed by atoms with Gasteiger partial charge < -0.3 is 5.32 Å². The topological polar surface area (TPSA) is 42.0 Å². The van der Waals surface area contributed by atoms with Crippen LogP contribution >= 0.6 is 0 Å². The molecule has 13 heavy (non-hydrogen) atoms. The van der Waals surface area contributed by atoms with Gasteiger partial charge in [0.25, 0.3) is 0 Å². The van der Waals surface area contributed by atoms with Crippen LogP contribution in [0.15, 0.2) is 24.5 Å². The van der Waals surface area contributed by atoms with Crippen LogP contribution < -0.4 is 5.32 Å². The van der Waals surface area contributed by atoms with E-state index in [9.17, 15) is 4.79 Å². The Morgan fingerprint density at radius 2 is 2.46 bits per heavy atom. The molecule has 1 saturated heterocycles. The maximum absolute atomic E-state index is 11.5. The fourth-order valence-electron chi connectivity index (χ4n) is 1.63. The number of carbonyl (C=O) groups is 1. The number of piperidine rings is 1. The molecule has 1 unspecified atom stereocenters. The zero-order valence-electron chi connectivity index (χ0n) is 7.36. The van der Waals surface area contributed by atoms with E-state index in [4.69, 9.17) is 0 Å². The Kier molecular flexibility index (Phi) is 2.36. The van der Waals surface area contributed by atoms with E-state index in [1.54, 1.807) is 12.4 Å². The summed E-state index contributed by atoms with van der Waals surface area (Å²) in [6.45, 7) is 1.57. The minimum absolute atomic E-state index is 0.0162.